The predicted molar refractivity (Wildman–Crippen MR) is 74.2 cm³/mol. The average Bonchev–Trinajstić information content (AvgIpc) is 2.36. The Hall–Kier alpha value is -2.17. The molecular weight excluding hydrogens is 242 g/mol. The Balaban J connectivity index is 2.34. The summed E-state index contributed by atoms with van der Waals surface area (Å²) < 4.78 is 0. The third-order valence-electron chi connectivity index (χ3n) is 2.67. The standard InChI is InChI=1S/C14H17N3O2/c1-10(2)8-17(9-14(18)19)13-7-15-11-5-3-4-6-12(11)16-13/h3-7,10H,8-9H2,1-2H3,(H,18,19). The molecule has 100 valence electrons. The Morgan fingerprint density at radius 1 is 1.32 bits per heavy atom. The van der Waals surface area contributed by atoms with Crippen molar-refractivity contribution in [1.82, 2.24) is 9.97 Å². The number of nitrogens with zero attached hydrogens (tertiary/aromatic N) is 3. The largest absolute Gasteiger partial charge is 0.480 e. The van der Waals surface area contributed by atoms with Gasteiger partial charge in [0.05, 0.1) is 17.2 Å². The van der Waals surface area contributed by atoms with Crippen LogP contribution in [0, 0.1) is 5.92 Å². The highest BCUT2D eigenvalue weighted by Crippen LogP contribution is 2.16. The van der Waals surface area contributed by atoms with Crippen LogP contribution in [-0.4, -0.2) is 34.1 Å². The van der Waals surface area contributed by atoms with E-state index in [2.05, 4.69) is 9.97 Å². The average molecular weight is 259 g/mol. The first-order valence-corrected chi connectivity index (χ1v) is 6.25. The van der Waals surface area contributed by atoms with Gasteiger partial charge in [0.2, 0.25) is 0 Å². The Morgan fingerprint density at radius 3 is 2.63 bits per heavy atom. The van der Waals surface area contributed by atoms with Crippen molar-refractivity contribution in [3.05, 3.63) is 30.5 Å². The molecule has 0 spiro atoms. The van der Waals surface area contributed by atoms with E-state index in [1.54, 1.807) is 11.1 Å². The number of hydrogen-bond acceptors (Lipinski definition) is 4. The molecule has 5 nitrogen and oxygen atoms in total. The van der Waals surface area contributed by atoms with E-state index >= 15 is 0 Å². The summed E-state index contributed by atoms with van der Waals surface area (Å²) in [5.41, 5.74) is 1.59. The number of anilines is 1. The van der Waals surface area contributed by atoms with Crippen LogP contribution in [0.15, 0.2) is 30.5 Å². The van der Waals surface area contributed by atoms with Crippen LogP contribution in [-0.2, 0) is 4.79 Å². The minimum Gasteiger partial charge on any atom is -0.480 e. The minimum absolute atomic E-state index is 0.0643. The smallest absolute Gasteiger partial charge is 0.323 e. The highest BCUT2D eigenvalue weighted by Gasteiger charge is 2.14. The van der Waals surface area contributed by atoms with Crippen molar-refractivity contribution >= 4 is 22.8 Å². The van der Waals surface area contributed by atoms with Crippen LogP contribution < -0.4 is 4.90 Å². The van der Waals surface area contributed by atoms with Crippen molar-refractivity contribution in [3.63, 3.8) is 0 Å². The SMILES string of the molecule is CC(C)CN(CC(=O)O)c1cnc2ccccc2n1. The molecule has 0 saturated heterocycles. The zero-order valence-electron chi connectivity index (χ0n) is 11.1. The van der Waals surface area contributed by atoms with E-state index in [0.29, 0.717) is 18.3 Å². The van der Waals surface area contributed by atoms with Gasteiger partial charge in [0, 0.05) is 6.54 Å². The number of carbonyl (C=O) groups is 1. The van der Waals surface area contributed by atoms with Gasteiger partial charge in [-0.25, -0.2) is 4.98 Å². The summed E-state index contributed by atoms with van der Waals surface area (Å²) in [6.07, 6.45) is 1.63. The number of aromatic nitrogens is 2. The summed E-state index contributed by atoms with van der Waals surface area (Å²) in [6.45, 7) is 4.66. The lowest BCUT2D eigenvalue weighted by molar-refractivity contribution is -0.135. The predicted octanol–water partition coefficient (Wildman–Crippen LogP) is 2.18. The van der Waals surface area contributed by atoms with Crippen LogP contribution in [0.4, 0.5) is 5.82 Å². The first-order chi connectivity index (χ1) is 9.06. The van der Waals surface area contributed by atoms with E-state index in [4.69, 9.17) is 5.11 Å². The molecule has 19 heavy (non-hydrogen) atoms. The molecule has 0 atom stereocenters. The van der Waals surface area contributed by atoms with Gasteiger partial charge in [-0.05, 0) is 18.1 Å². The molecule has 1 aromatic heterocycles. The molecule has 0 aliphatic carbocycles. The molecule has 0 unspecified atom stereocenters. The molecule has 0 bridgehead atoms. The van der Waals surface area contributed by atoms with Gasteiger partial charge in [-0.1, -0.05) is 26.0 Å². The fraction of sp³-hybridized carbons (Fsp3) is 0.357. The van der Waals surface area contributed by atoms with Crippen LogP contribution in [0.3, 0.4) is 0 Å². The van der Waals surface area contributed by atoms with E-state index in [1.807, 2.05) is 38.1 Å². The highest BCUT2D eigenvalue weighted by atomic mass is 16.4. The second kappa shape index (κ2) is 5.65. The normalized spacial score (nSPS) is 10.9. The molecule has 2 aromatic rings. The first-order valence-electron chi connectivity index (χ1n) is 6.25. The van der Waals surface area contributed by atoms with E-state index in [9.17, 15) is 4.79 Å². The van der Waals surface area contributed by atoms with Crippen molar-refractivity contribution < 1.29 is 9.90 Å². The molecule has 1 heterocycles. The molecule has 0 amide bonds. The van der Waals surface area contributed by atoms with Gasteiger partial charge in [-0.3, -0.25) is 9.78 Å². The van der Waals surface area contributed by atoms with Gasteiger partial charge >= 0.3 is 5.97 Å². The van der Waals surface area contributed by atoms with Crippen LogP contribution in [0.1, 0.15) is 13.8 Å². The first kappa shape index (κ1) is 13.3. The van der Waals surface area contributed by atoms with E-state index < -0.39 is 5.97 Å². The third kappa shape index (κ3) is 3.40. The molecule has 5 heteroatoms. The molecule has 1 N–H and O–H groups in total. The van der Waals surface area contributed by atoms with Crippen molar-refractivity contribution in [1.29, 1.82) is 0 Å². The van der Waals surface area contributed by atoms with Crippen LogP contribution in [0.5, 0.6) is 0 Å². The summed E-state index contributed by atoms with van der Waals surface area (Å²) >= 11 is 0. The van der Waals surface area contributed by atoms with Gasteiger partial charge in [-0.15, -0.1) is 0 Å². The monoisotopic (exact) mass is 259 g/mol. The highest BCUT2D eigenvalue weighted by molar-refractivity contribution is 5.77. The number of carboxylic acids is 1. The lowest BCUT2D eigenvalue weighted by Gasteiger charge is -2.23. The molecule has 0 radical (unpaired) electrons. The summed E-state index contributed by atoms with van der Waals surface area (Å²) in [4.78, 5) is 21.5. The lowest BCUT2D eigenvalue weighted by atomic mass is 10.2. The number of rotatable bonds is 5. The van der Waals surface area contributed by atoms with Gasteiger partial charge < -0.3 is 10.0 Å². The van der Waals surface area contributed by atoms with E-state index in [1.165, 1.54) is 0 Å². The summed E-state index contributed by atoms with van der Waals surface area (Å²) in [5, 5.41) is 8.98. The molecule has 2 rings (SSSR count). The van der Waals surface area contributed by atoms with Crippen molar-refractivity contribution in [2.45, 2.75) is 13.8 Å². The third-order valence-corrected chi connectivity index (χ3v) is 2.67. The maximum Gasteiger partial charge on any atom is 0.323 e. The van der Waals surface area contributed by atoms with Gasteiger partial charge in [-0.2, -0.15) is 0 Å². The van der Waals surface area contributed by atoms with E-state index in [-0.39, 0.29) is 6.54 Å². The second-order valence-corrected chi connectivity index (χ2v) is 4.89. The van der Waals surface area contributed by atoms with Gasteiger partial charge in [0.15, 0.2) is 0 Å². The fourth-order valence-corrected chi connectivity index (χ4v) is 1.94. The zero-order valence-corrected chi connectivity index (χ0v) is 11.1. The Bertz CT molecular complexity index is 584. The summed E-state index contributed by atoms with van der Waals surface area (Å²) in [7, 11) is 0. The van der Waals surface area contributed by atoms with E-state index in [0.717, 1.165) is 11.0 Å². The van der Waals surface area contributed by atoms with Crippen LogP contribution >= 0.6 is 0 Å². The number of hydrogen-bond donors (Lipinski definition) is 1. The van der Waals surface area contributed by atoms with Crippen LogP contribution in [0.25, 0.3) is 11.0 Å². The minimum atomic E-state index is -0.865. The summed E-state index contributed by atoms with van der Waals surface area (Å²) in [5.74, 6) is 0.0954. The molecule has 0 aliphatic rings. The maximum atomic E-state index is 10.9. The zero-order chi connectivity index (χ0) is 13.8. The molecule has 0 aliphatic heterocycles. The summed E-state index contributed by atoms with van der Waals surface area (Å²) in [6, 6.07) is 7.56. The Kier molecular flexibility index (Phi) is 3.94. The van der Waals surface area contributed by atoms with Crippen molar-refractivity contribution in [2.24, 2.45) is 5.92 Å². The van der Waals surface area contributed by atoms with Gasteiger partial charge in [0.1, 0.15) is 12.4 Å². The maximum absolute atomic E-state index is 10.9. The lowest BCUT2D eigenvalue weighted by Crippen LogP contribution is -2.33. The topological polar surface area (TPSA) is 66.3 Å². The quantitative estimate of drug-likeness (QED) is 0.891. The number of aliphatic carboxylic acids is 1. The second-order valence-electron chi connectivity index (χ2n) is 4.89. The number of fused-ring (bicyclic) bond motifs is 1. The Labute approximate surface area is 111 Å². The van der Waals surface area contributed by atoms with Crippen molar-refractivity contribution in [3.8, 4) is 0 Å². The van der Waals surface area contributed by atoms with Crippen molar-refractivity contribution in [2.75, 3.05) is 18.0 Å². The molecule has 0 fully saturated rings. The fourth-order valence-electron chi connectivity index (χ4n) is 1.94. The number of benzene rings is 1. The molecular formula is C14H17N3O2. The molecule has 0 saturated carbocycles. The van der Waals surface area contributed by atoms with Crippen LogP contribution in [0.2, 0.25) is 0 Å². The van der Waals surface area contributed by atoms with Gasteiger partial charge in [0.25, 0.3) is 0 Å². The molecule has 1 aromatic carbocycles. The Morgan fingerprint density at radius 2 is 2.00 bits per heavy atom. The number of carboxylic acid groups (broad SMARTS) is 1. The number of para-hydroxylation sites is 2.